The second kappa shape index (κ2) is 3.10. The third kappa shape index (κ3) is 1.35. The molecule has 0 N–H and O–H groups in total. The molecule has 13 heavy (non-hydrogen) atoms. The van der Waals surface area contributed by atoms with Crippen LogP contribution < -0.4 is 5.56 Å². The smallest absolute Gasteiger partial charge is 0.264 e. The van der Waals surface area contributed by atoms with E-state index in [4.69, 9.17) is 0 Å². The van der Waals surface area contributed by atoms with Crippen LogP contribution in [0.15, 0.2) is 29.3 Å². The highest BCUT2D eigenvalue weighted by atomic mass is 127. The second-order valence-electron chi connectivity index (χ2n) is 2.79. The molecule has 0 aliphatic rings. The first-order valence-corrected chi connectivity index (χ1v) is 4.87. The van der Waals surface area contributed by atoms with Crippen LogP contribution in [0.25, 0.3) is 10.9 Å². The van der Waals surface area contributed by atoms with Gasteiger partial charge >= 0.3 is 0 Å². The van der Waals surface area contributed by atoms with Gasteiger partial charge < -0.3 is 4.57 Å². The standard InChI is InChI=1S/C9H7IN2O/c1-12-8-5-11-3-2-6(8)4-7(10)9(12)13/h2-5H,1H3. The summed E-state index contributed by atoms with van der Waals surface area (Å²) >= 11 is 2.04. The predicted octanol–water partition coefficient (Wildman–Crippen LogP) is 1.54. The van der Waals surface area contributed by atoms with Crippen molar-refractivity contribution in [2.75, 3.05) is 0 Å². The molecule has 2 aromatic rings. The van der Waals surface area contributed by atoms with E-state index in [9.17, 15) is 4.79 Å². The number of pyridine rings is 2. The highest BCUT2D eigenvalue weighted by Crippen LogP contribution is 2.11. The molecule has 0 amide bonds. The van der Waals surface area contributed by atoms with E-state index in [1.807, 2.05) is 34.7 Å². The van der Waals surface area contributed by atoms with Crippen LogP contribution in [-0.4, -0.2) is 9.55 Å². The Labute approximate surface area is 88.6 Å². The van der Waals surface area contributed by atoms with Crippen molar-refractivity contribution in [3.8, 4) is 0 Å². The molecule has 0 fully saturated rings. The zero-order chi connectivity index (χ0) is 9.42. The highest BCUT2D eigenvalue weighted by Gasteiger charge is 2.02. The molecule has 0 unspecified atom stereocenters. The summed E-state index contributed by atoms with van der Waals surface area (Å²) in [5.74, 6) is 0. The molecule has 2 aromatic heterocycles. The average Bonchev–Trinajstić information content (AvgIpc) is 2.15. The van der Waals surface area contributed by atoms with Gasteiger partial charge in [0.1, 0.15) is 0 Å². The highest BCUT2D eigenvalue weighted by molar-refractivity contribution is 14.1. The first kappa shape index (κ1) is 8.68. The van der Waals surface area contributed by atoms with Crippen molar-refractivity contribution < 1.29 is 0 Å². The Morgan fingerprint density at radius 2 is 2.31 bits per heavy atom. The van der Waals surface area contributed by atoms with Crippen LogP contribution >= 0.6 is 22.6 Å². The van der Waals surface area contributed by atoms with Gasteiger partial charge in [0, 0.05) is 18.6 Å². The molecule has 0 atom stereocenters. The summed E-state index contributed by atoms with van der Waals surface area (Å²) in [5.41, 5.74) is 0.897. The molecule has 0 bridgehead atoms. The van der Waals surface area contributed by atoms with Gasteiger partial charge in [-0.15, -0.1) is 0 Å². The number of halogens is 1. The number of hydrogen-bond acceptors (Lipinski definition) is 2. The fourth-order valence-corrected chi connectivity index (χ4v) is 1.96. The predicted molar refractivity (Wildman–Crippen MR) is 59.7 cm³/mol. The monoisotopic (exact) mass is 286 g/mol. The molecule has 0 aliphatic carbocycles. The van der Waals surface area contributed by atoms with Gasteiger partial charge in [-0.2, -0.15) is 0 Å². The van der Waals surface area contributed by atoms with E-state index in [0.717, 1.165) is 14.5 Å². The van der Waals surface area contributed by atoms with Crippen molar-refractivity contribution in [1.29, 1.82) is 0 Å². The maximum absolute atomic E-state index is 11.5. The lowest BCUT2D eigenvalue weighted by Crippen LogP contribution is -2.19. The molecular formula is C9H7IN2O. The number of fused-ring (bicyclic) bond motifs is 1. The zero-order valence-corrected chi connectivity index (χ0v) is 9.15. The van der Waals surface area contributed by atoms with Gasteiger partial charge in [-0.1, -0.05) is 0 Å². The largest absolute Gasteiger partial charge is 0.309 e. The van der Waals surface area contributed by atoms with Gasteiger partial charge in [0.25, 0.3) is 5.56 Å². The molecule has 0 radical (unpaired) electrons. The van der Waals surface area contributed by atoms with Crippen LogP contribution in [0.3, 0.4) is 0 Å². The summed E-state index contributed by atoms with van der Waals surface area (Å²) in [5, 5.41) is 1.04. The minimum Gasteiger partial charge on any atom is -0.309 e. The Balaban J connectivity index is 3.02. The first-order valence-electron chi connectivity index (χ1n) is 3.79. The normalized spacial score (nSPS) is 10.6. The topological polar surface area (TPSA) is 34.9 Å². The Morgan fingerprint density at radius 1 is 1.54 bits per heavy atom. The summed E-state index contributed by atoms with van der Waals surface area (Å²) in [6.45, 7) is 0. The van der Waals surface area contributed by atoms with Gasteiger partial charge in [-0.25, -0.2) is 0 Å². The molecular weight excluding hydrogens is 279 g/mol. The fourth-order valence-electron chi connectivity index (χ4n) is 1.27. The van der Waals surface area contributed by atoms with Crippen LogP contribution in [0.2, 0.25) is 0 Å². The molecule has 0 aromatic carbocycles. The van der Waals surface area contributed by atoms with Gasteiger partial charge in [0.05, 0.1) is 15.3 Å². The van der Waals surface area contributed by atoms with E-state index in [0.29, 0.717) is 0 Å². The van der Waals surface area contributed by atoms with Gasteiger partial charge in [-0.3, -0.25) is 9.78 Å². The molecule has 66 valence electrons. The molecule has 2 rings (SSSR count). The fraction of sp³-hybridized carbons (Fsp3) is 0.111. The van der Waals surface area contributed by atoms with E-state index in [1.165, 1.54) is 0 Å². The molecule has 0 saturated heterocycles. The molecule has 0 saturated carbocycles. The molecule has 0 aliphatic heterocycles. The maximum atomic E-state index is 11.5. The summed E-state index contributed by atoms with van der Waals surface area (Å²) in [7, 11) is 1.76. The number of aryl methyl sites for hydroxylation is 1. The van der Waals surface area contributed by atoms with Crippen LogP contribution in [-0.2, 0) is 7.05 Å². The lowest BCUT2D eigenvalue weighted by molar-refractivity contribution is 0.895. The molecule has 3 nitrogen and oxygen atoms in total. The molecule has 4 heteroatoms. The Kier molecular flexibility index (Phi) is 2.07. The molecule has 2 heterocycles. The second-order valence-corrected chi connectivity index (χ2v) is 3.95. The maximum Gasteiger partial charge on any atom is 0.264 e. The summed E-state index contributed by atoms with van der Waals surface area (Å²) in [4.78, 5) is 15.5. The van der Waals surface area contributed by atoms with Crippen molar-refractivity contribution in [2.45, 2.75) is 0 Å². The first-order chi connectivity index (χ1) is 6.20. The minimum absolute atomic E-state index is 0.0288. The van der Waals surface area contributed by atoms with Gasteiger partial charge in [0.2, 0.25) is 0 Å². The lowest BCUT2D eigenvalue weighted by Gasteiger charge is -2.03. The van der Waals surface area contributed by atoms with E-state index in [2.05, 4.69) is 4.98 Å². The van der Waals surface area contributed by atoms with Crippen molar-refractivity contribution >= 4 is 33.5 Å². The minimum atomic E-state index is 0.0288. The number of rotatable bonds is 0. The number of nitrogens with zero attached hydrogens (tertiary/aromatic N) is 2. The van der Waals surface area contributed by atoms with Crippen LogP contribution in [0, 0.1) is 3.57 Å². The van der Waals surface area contributed by atoms with Gasteiger partial charge in [-0.05, 0) is 34.7 Å². The Bertz CT molecular complexity index is 518. The molecule has 0 spiro atoms. The number of aromatic nitrogens is 2. The summed E-state index contributed by atoms with van der Waals surface area (Å²) in [6, 6.07) is 3.77. The van der Waals surface area contributed by atoms with Crippen molar-refractivity contribution in [3.05, 3.63) is 38.5 Å². The van der Waals surface area contributed by atoms with E-state index in [-0.39, 0.29) is 5.56 Å². The van der Waals surface area contributed by atoms with Crippen LogP contribution in [0.5, 0.6) is 0 Å². The third-order valence-corrected chi connectivity index (χ3v) is 2.76. The Hall–Kier alpha value is -0.910. The van der Waals surface area contributed by atoms with E-state index in [1.54, 1.807) is 24.0 Å². The Morgan fingerprint density at radius 3 is 3.08 bits per heavy atom. The summed E-state index contributed by atoms with van der Waals surface area (Å²) in [6.07, 6.45) is 3.43. The third-order valence-electron chi connectivity index (χ3n) is 1.99. The van der Waals surface area contributed by atoms with Crippen molar-refractivity contribution in [2.24, 2.45) is 7.05 Å². The number of hydrogen-bond donors (Lipinski definition) is 0. The van der Waals surface area contributed by atoms with Gasteiger partial charge in [0.15, 0.2) is 0 Å². The summed E-state index contributed by atoms with van der Waals surface area (Å²) < 4.78 is 2.35. The zero-order valence-electron chi connectivity index (χ0n) is 6.99. The van der Waals surface area contributed by atoms with Crippen molar-refractivity contribution in [1.82, 2.24) is 9.55 Å². The average molecular weight is 286 g/mol. The quantitative estimate of drug-likeness (QED) is 0.689. The lowest BCUT2D eigenvalue weighted by atomic mass is 10.2. The van der Waals surface area contributed by atoms with Crippen LogP contribution in [0.1, 0.15) is 0 Å². The van der Waals surface area contributed by atoms with E-state index >= 15 is 0 Å². The van der Waals surface area contributed by atoms with E-state index < -0.39 is 0 Å². The van der Waals surface area contributed by atoms with Crippen LogP contribution in [0.4, 0.5) is 0 Å². The van der Waals surface area contributed by atoms with Crippen molar-refractivity contribution in [3.63, 3.8) is 0 Å². The SMILES string of the molecule is Cn1c(=O)c(I)cc2ccncc21.